The molecule has 3 rings (SSSR count). The van der Waals surface area contributed by atoms with Gasteiger partial charge >= 0.3 is 0 Å². The van der Waals surface area contributed by atoms with Crippen LogP contribution in [0, 0.1) is 0 Å². The number of phenolic OH excluding ortho intramolecular Hbond substituents is 1. The predicted octanol–water partition coefficient (Wildman–Crippen LogP) is 0.344. The Hall–Kier alpha value is -1.22. The molecule has 0 saturated carbocycles. The van der Waals surface area contributed by atoms with E-state index < -0.39 is 0 Å². The van der Waals surface area contributed by atoms with Gasteiger partial charge in [0.1, 0.15) is 5.75 Å². The van der Waals surface area contributed by atoms with Crippen LogP contribution in [0.3, 0.4) is 0 Å². The molecule has 0 amide bonds. The zero-order valence-electron chi connectivity index (χ0n) is 10.1. The van der Waals surface area contributed by atoms with Gasteiger partial charge in [0.15, 0.2) is 6.17 Å². The number of hydrogen-bond acceptors (Lipinski definition) is 2. The van der Waals surface area contributed by atoms with E-state index in [1.165, 1.54) is 24.2 Å². The Bertz CT molecular complexity index is 446. The molecule has 2 heterocycles. The molecule has 16 heavy (non-hydrogen) atoms. The fraction of sp³-hybridized carbons (Fsp3) is 0.538. The van der Waals surface area contributed by atoms with Crippen molar-refractivity contribution in [2.75, 3.05) is 25.5 Å². The van der Waals surface area contributed by atoms with E-state index in [9.17, 15) is 5.11 Å². The second kappa shape index (κ2) is 2.92. The van der Waals surface area contributed by atoms with E-state index >= 15 is 0 Å². The van der Waals surface area contributed by atoms with Gasteiger partial charge in [0.25, 0.3) is 0 Å². The van der Waals surface area contributed by atoms with Gasteiger partial charge in [-0.1, -0.05) is 0 Å². The molecular weight excluding hydrogens is 200 g/mol. The third-order valence-corrected chi connectivity index (χ3v) is 4.47. The Morgan fingerprint density at radius 1 is 1.50 bits per heavy atom. The molecule has 1 unspecified atom stereocenters. The first kappa shape index (κ1) is 9.97. The maximum absolute atomic E-state index is 9.66. The van der Waals surface area contributed by atoms with Gasteiger partial charge < -0.3 is 14.9 Å². The number of rotatable bonds is 0. The Morgan fingerprint density at radius 3 is 3.00 bits per heavy atom. The van der Waals surface area contributed by atoms with Gasteiger partial charge in [-0.15, -0.1) is 0 Å². The van der Waals surface area contributed by atoms with Crippen LogP contribution in [0.5, 0.6) is 5.75 Å². The van der Waals surface area contributed by atoms with Crippen LogP contribution in [0.4, 0.5) is 5.69 Å². The van der Waals surface area contributed by atoms with Gasteiger partial charge in [0.2, 0.25) is 0 Å². The number of quaternary nitrogens is 1. The minimum atomic E-state index is 0.201. The summed E-state index contributed by atoms with van der Waals surface area (Å²) in [5.74, 6) is 0.388. The fourth-order valence-electron chi connectivity index (χ4n) is 3.74. The summed E-state index contributed by atoms with van der Waals surface area (Å²) in [6.45, 7) is 3.54. The Balaban J connectivity index is 2.20. The maximum Gasteiger partial charge on any atom is 0.172 e. The maximum atomic E-state index is 9.66. The summed E-state index contributed by atoms with van der Waals surface area (Å²) in [7, 11) is 4.43. The molecule has 0 radical (unpaired) electrons. The van der Waals surface area contributed by atoms with E-state index in [0.717, 1.165) is 0 Å². The molecule has 2 aliphatic heterocycles. The number of phenols is 1. The topological polar surface area (TPSA) is 27.9 Å². The summed E-state index contributed by atoms with van der Waals surface area (Å²) in [6.07, 6.45) is 1.72. The van der Waals surface area contributed by atoms with Crippen molar-refractivity contribution in [3.63, 3.8) is 0 Å². The van der Waals surface area contributed by atoms with Crippen molar-refractivity contribution in [2.24, 2.45) is 0 Å². The van der Waals surface area contributed by atoms with Crippen LogP contribution in [0.1, 0.15) is 18.9 Å². The molecule has 2 N–H and O–H groups in total. The zero-order chi connectivity index (χ0) is 11.5. The summed E-state index contributed by atoms with van der Waals surface area (Å²) in [4.78, 5) is 3.94. The van der Waals surface area contributed by atoms with E-state index in [-0.39, 0.29) is 5.41 Å². The first-order valence-corrected chi connectivity index (χ1v) is 5.93. The number of hydrogen-bond donors (Lipinski definition) is 2. The molecule has 1 aromatic rings. The summed E-state index contributed by atoms with van der Waals surface area (Å²) in [5.41, 5.74) is 2.80. The largest absolute Gasteiger partial charge is 0.508 e. The highest BCUT2D eigenvalue weighted by Gasteiger charge is 2.55. The highest BCUT2D eigenvalue weighted by atomic mass is 16.3. The third kappa shape index (κ3) is 1.02. The first-order valence-electron chi connectivity index (χ1n) is 5.93. The second-order valence-corrected chi connectivity index (χ2v) is 5.48. The van der Waals surface area contributed by atoms with E-state index in [1.807, 2.05) is 12.1 Å². The molecule has 2 aliphatic rings. The lowest BCUT2D eigenvalue weighted by Crippen LogP contribution is -3.13. The molecule has 0 spiro atoms. The summed E-state index contributed by atoms with van der Waals surface area (Å²) < 4.78 is 0. The number of fused-ring (bicyclic) bond motifs is 3. The van der Waals surface area contributed by atoms with E-state index in [1.54, 1.807) is 11.0 Å². The SMILES string of the molecule is CN1c2ccc(O)cc2[C@@]2(C)CC[NH+](C)[C@H]12. The Morgan fingerprint density at radius 2 is 2.25 bits per heavy atom. The lowest BCUT2D eigenvalue weighted by atomic mass is 9.81. The van der Waals surface area contributed by atoms with Gasteiger partial charge in [-0.2, -0.15) is 0 Å². The molecule has 0 bridgehead atoms. The number of aromatic hydroxyl groups is 1. The molecule has 1 fully saturated rings. The monoisotopic (exact) mass is 219 g/mol. The molecule has 1 saturated heterocycles. The number of anilines is 1. The van der Waals surface area contributed by atoms with Crippen molar-refractivity contribution >= 4 is 5.69 Å². The van der Waals surface area contributed by atoms with Crippen LogP contribution in [0.15, 0.2) is 18.2 Å². The molecule has 86 valence electrons. The van der Waals surface area contributed by atoms with Crippen LogP contribution >= 0.6 is 0 Å². The number of nitrogens with zero attached hydrogens (tertiary/aromatic N) is 1. The minimum Gasteiger partial charge on any atom is -0.508 e. The molecule has 3 heteroatoms. The molecule has 1 aromatic carbocycles. The van der Waals surface area contributed by atoms with Crippen molar-refractivity contribution in [1.29, 1.82) is 0 Å². The van der Waals surface area contributed by atoms with Crippen molar-refractivity contribution in [3.05, 3.63) is 23.8 Å². The predicted molar refractivity (Wildman–Crippen MR) is 64.0 cm³/mol. The number of benzene rings is 1. The Kier molecular flexibility index (Phi) is 1.82. The average molecular weight is 219 g/mol. The van der Waals surface area contributed by atoms with Gasteiger partial charge in [0, 0.05) is 19.2 Å². The van der Waals surface area contributed by atoms with Crippen molar-refractivity contribution < 1.29 is 10.0 Å². The van der Waals surface area contributed by atoms with E-state index in [0.29, 0.717) is 11.9 Å². The van der Waals surface area contributed by atoms with Gasteiger partial charge in [0.05, 0.1) is 19.0 Å². The summed E-state index contributed by atoms with van der Waals surface area (Å²) >= 11 is 0. The van der Waals surface area contributed by atoms with E-state index in [2.05, 4.69) is 25.9 Å². The first-order chi connectivity index (χ1) is 7.54. The van der Waals surface area contributed by atoms with Crippen LogP contribution in [-0.2, 0) is 5.41 Å². The minimum absolute atomic E-state index is 0.201. The highest BCUT2D eigenvalue weighted by molar-refractivity contribution is 5.64. The van der Waals surface area contributed by atoms with Gasteiger partial charge in [-0.05, 0) is 30.7 Å². The average Bonchev–Trinajstić information content (AvgIpc) is 2.65. The summed E-state index contributed by atoms with van der Waals surface area (Å²) in [6, 6.07) is 5.78. The van der Waals surface area contributed by atoms with Crippen molar-refractivity contribution in [3.8, 4) is 5.75 Å². The lowest BCUT2D eigenvalue weighted by Gasteiger charge is -2.28. The summed E-state index contributed by atoms with van der Waals surface area (Å²) in [5, 5.41) is 9.66. The zero-order valence-corrected chi connectivity index (χ0v) is 10.1. The van der Waals surface area contributed by atoms with Crippen molar-refractivity contribution in [1.82, 2.24) is 0 Å². The van der Waals surface area contributed by atoms with Crippen LogP contribution in [0.2, 0.25) is 0 Å². The Labute approximate surface area is 96.3 Å². The second-order valence-electron chi connectivity index (χ2n) is 5.48. The highest BCUT2D eigenvalue weighted by Crippen LogP contribution is 2.47. The number of likely N-dealkylation sites (N-methyl/N-ethyl adjacent to an activating group) is 2. The molecule has 0 aliphatic carbocycles. The molecular formula is C13H19N2O+. The number of nitrogens with one attached hydrogen (secondary N) is 1. The lowest BCUT2D eigenvalue weighted by molar-refractivity contribution is -0.893. The van der Waals surface area contributed by atoms with Crippen molar-refractivity contribution in [2.45, 2.75) is 24.9 Å². The van der Waals surface area contributed by atoms with E-state index in [4.69, 9.17) is 0 Å². The standard InChI is InChI=1S/C13H18N2O/c1-13-6-7-14(2)12(13)15(3)11-5-4-9(16)8-10(11)13/h4-5,8,12,16H,6-7H2,1-3H3/p+1/t12-,13-/m1/s1. The quantitative estimate of drug-likeness (QED) is 0.659. The van der Waals surface area contributed by atoms with Gasteiger partial charge in [-0.25, -0.2) is 0 Å². The van der Waals surface area contributed by atoms with Gasteiger partial charge in [-0.3, -0.25) is 0 Å². The fourth-order valence-corrected chi connectivity index (χ4v) is 3.74. The van der Waals surface area contributed by atoms with Crippen LogP contribution in [-0.4, -0.2) is 31.9 Å². The van der Waals surface area contributed by atoms with Crippen LogP contribution in [0.25, 0.3) is 0 Å². The molecule has 0 aromatic heterocycles. The van der Waals surface area contributed by atoms with Crippen LogP contribution < -0.4 is 9.80 Å². The third-order valence-electron chi connectivity index (χ3n) is 4.47. The molecule has 3 nitrogen and oxygen atoms in total. The smallest absolute Gasteiger partial charge is 0.172 e. The molecule has 3 atom stereocenters. The number of likely N-dealkylation sites (tertiary alicyclic amines) is 1. The normalized spacial score (nSPS) is 36.3.